The second kappa shape index (κ2) is 5.09. The zero-order chi connectivity index (χ0) is 15.0. The normalized spacial score (nSPS) is 11.0. The fraction of sp³-hybridized carbons (Fsp3) is 0.167. The molecule has 0 radical (unpaired) electrons. The molecule has 3 heteroatoms. The van der Waals surface area contributed by atoms with Gasteiger partial charge in [-0.3, -0.25) is 4.98 Å². The van der Waals surface area contributed by atoms with E-state index in [9.17, 15) is 10.2 Å². The molecule has 0 aliphatic carbocycles. The Hall–Kier alpha value is -2.55. The van der Waals surface area contributed by atoms with Crippen molar-refractivity contribution >= 4 is 10.9 Å². The Morgan fingerprint density at radius 2 is 1.71 bits per heavy atom. The number of aromatic nitrogens is 1. The van der Waals surface area contributed by atoms with Crippen molar-refractivity contribution in [2.75, 3.05) is 0 Å². The number of rotatable bonds is 2. The van der Waals surface area contributed by atoms with E-state index in [-0.39, 0.29) is 5.75 Å². The van der Waals surface area contributed by atoms with Gasteiger partial charge in [0.15, 0.2) is 0 Å². The van der Waals surface area contributed by atoms with Gasteiger partial charge in [-0.2, -0.15) is 0 Å². The SMILES string of the molecule is Cc1cc(Cc2ccc(O)c3ncccc23)cc(C)c1O. The lowest BCUT2D eigenvalue weighted by Gasteiger charge is -2.10. The van der Waals surface area contributed by atoms with E-state index in [4.69, 9.17) is 0 Å². The van der Waals surface area contributed by atoms with E-state index in [0.29, 0.717) is 11.3 Å². The number of hydrogen-bond donors (Lipinski definition) is 2. The van der Waals surface area contributed by atoms with Crippen LogP contribution in [0.15, 0.2) is 42.6 Å². The van der Waals surface area contributed by atoms with Gasteiger partial charge in [-0.15, -0.1) is 0 Å². The average molecular weight is 279 g/mol. The molecule has 0 fully saturated rings. The minimum absolute atomic E-state index is 0.201. The summed E-state index contributed by atoms with van der Waals surface area (Å²) < 4.78 is 0. The lowest BCUT2D eigenvalue weighted by molar-refractivity contribution is 0.466. The molecule has 3 nitrogen and oxygen atoms in total. The van der Waals surface area contributed by atoms with Crippen molar-refractivity contribution in [3.8, 4) is 11.5 Å². The molecule has 106 valence electrons. The maximum Gasteiger partial charge on any atom is 0.141 e. The smallest absolute Gasteiger partial charge is 0.141 e. The van der Waals surface area contributed by atoms with Crippen LogP contribution in [0.3, 0.4) is 0 Å². The molecule has 0 aliphatic rings. The van der Waals surface area contributed by atoms with Crippen molar-refractivity contribution in [1.82, 2.24) is 4.98 Å². The predicted molar refractivity (Wildman–Crippen MR) is 83.8 cm³/mol. The maximum atomic E-state index is 9.89. The van der Waals surface area contributed by atoms with E-state index in [1.807, 2.05) is 44.2 Å². The van der Waals surface area contributed by atoms with Crippen LogP contribution < -0.4 is 0 Å². The van der Waals surface area contributed by atoms with Gasteiger partial charge in [-0.25, -0.2) is 0 Å². The van der Waals surface area contributed by atoms with E-state index in [0.717, 1.165) is 34.1 Å². The Balaban J connectivity index is 2.09. The first-order chi connectivity index (χ1) is 10.1. The molecule has 2 aromatic carbocycles. The summed E-state index contributed by atoms with van der Waals surface area (Å²) in [4.78, 5) is 4.24. The summed E-state index contributed by atoms with van der Waals surface area (Å²) in [5, 5.41) is 20.7. The van der Waals surface area contributed by atoms with Gasteiger partial charge in [0.2, 0.25) is 0 Å². The first-order valence-corrected chi connectivity index (χ1v) is 6.91. The maximum absolute atomic E-state index is 9.89. The summed E-state index contributed by atoms with van der Waals surface area (Å²) >= 11 is 0. The van der Waals surface area contributed by atoms with Gasteiger partial charge >= 0.3 is 0 Å². The quantitative estimate of drug-likeness (QED) is 0.749. The highest BCUT2D eigenvalue weighted by Gasteiger charge is 2.09. The lowest BCUT2D eigenvalue weighted by Crippen LogP contribution is -1.93. The number of pyridine rings is 1. The number of benzene rings is 2. The van der Waals surface area contributed by atoms with Gasteiger partial charge in [-0.05, 0) is 54.7 Å². The predicted octanol–water partition coefficient (Wildman–Crippen LogP) is 3.85. The van der Waals surface area contributed by atoms with Crippen LogP contribution in [0.4, 0.5) is 0 Å². The number of phenolic OH excluding ortho intramolecular Hbond substituents is 2. The van der Waals surface area contributed by atoms with Crippen molar-refractivity contribution in [1.29, 1.82) is 0 Å². The Morgan fingerprint density at radius 1 is 1.00 bits per heavy atom. The molecule has 0 bridgehead atoms. The molecular formula is C18H17NO2. The molecule has 0 atom stereocenters. The topological polar surface area (TPSA) is 53.4 Å². The number of nitrogens with zero attached hydrogens (tertiary/aromatic N) is 1. The molecule has 2 N–H and O–H groups in total. The fourth-order valence-electron chi connectivity index (χ4n) is 2.74. The highest BCUT2D eigenvalue weighted by molar-refractivity contribution is 5.87. The highest BCUT2D eigenvalue weighted by atomic mass is 16.3. The summed E-state index contributed by atoms with van der Waals surface area (Å²) in [6, 6.07) is 11.5. The third-order valence-corrected chi connectivity index (χ3v) is 3.78. The zero-order valence-electron chi connectivity index (χ0n) is 12.1. The standard InChI is InChI=1S/C18H17NO2/c1-11-8-13(9-12(2)18(11)21)10-14-5-6-16(20)17-15(14)4-3-7-19-17/h3-9,20-21H,10H2,1-2H3. The number of fused-ring (bicyclic) bond motifs is 1. The van der Waals surface area contributed by atoms with Crippen molar-refractivity contribution in [3.63, 3.8) is 0 Å². The minimum Gasteiger partial charge on any atom is -0.507 e. The fourth-order valence-corrected chi connectivity index (χ4v) is 2.74. The average Bonchev–Trinajstić information content (AvgIpc) is 2.48. The number of phenols is 2. The van der Waals surface area contributed by atoms with E-state index in [2.05, 4.69) is 4.98 Å². The lowest BCUT2D eigenvalue weighted by atomic mass is 9.97. The molecule has 0 saturated heterocycles. The number of aromatic hydroxyl groups is 2. The molecular weight excluding hydrogens is 262 g/mol. The molecule has 3 aromatic rings. The molecule has 0 amide bonds. The number of hydrogen-bond acceptors (Lipinski definition) is 3. The first kappa shape index (κ1) is 13.4. The summed E-state index contributed by atoms with van der Waals surface area (Å²) in [7, 11) is 0. The van der Waals surface area contributed by atoms with E-state index in [1.165, 1.54) is 0 Å². The molecule has 3 rings (SSSR count). The van der Waals surface area contributed by atoms with E-state index >= 15 is 0 Å². The van der Waals surface area contributed by atoms with Crippen molar-refractivity contribution in [2.45, 2.75) is 20.3 Å². The van der Waals surface area contributed by atoms with Crippen molar-refractivity contribution < 1.29 is 10.2 Å². The Labute approximate surface area is 123 Å². The second-order valence-corrected chi connectivity index (χ2v) is 5.40. The van der Waals surface area contributed by atoms with Crippen LogP contribution in [0.5, 0.6) is 11.5 Å². The molecule has 1 aromatic heterocycles. The third-order valence-electron chi connectivity index (χ3n) is 3.78. The monoisotopic (exact) mass is 279 g/mol. The van der Waals surface area contributed by atoms with Crippen LogP contribution in [0, 0.1) is 13.8 Å². The van der Waals surface area contributed by atoms with Crippen LogP contribution >= 0.6 is 0 Å². The zero-order valence-corrected chi connectivity index (χ0v) is 12.1. The Morgan fingerprint density at radius 3 is 2.43 bits per heavy atom. The second-order valence-electron chi connectivity index (χ2n) is 5.40. The van der Waals surface area contributed by atoms with Gasteiger partial charge in [0.05, 0.1) is 0 Å². The highest BCUT2D eigenvalue weighted by Crippen LogP contribution is 2.29. The van der Waals surface area contributed by atoms with Gasteiger partial charge in [-0.1, -0.05) is 24.3 Å². The van der Waals surface area contributed by atoms with E-state index < -0.39 is 0 Å². The summed E-state index contributed by atoms with van der Waals surface area (Å²) in [6.45, 7) is 3.81. The molecule has 0 aliphatic heterocycles. The summed E-state index contributed by atoms with van der Waals surface area (Å²) in [5.74, 6) is 0.559. The first-order valence-electron chi connectivity index (χ1n) is 6.91. The van der Waals surface area contributed by atoms with Gasteiger partial charge in [0.1, 0.15) is 17.0 Å². The number of aryl methyl sites for hydroxylation is 2. The molecule has 1 heterocycles. The van der Waals surface area contributed by atoms with Crippen molar-refractivity contribution in [2.24, 2.45) is 0 Å². The molecule has 0 saturated carbocycles. The van der Waals surface area contributed by atoms with Crippen LogP contribution in [0.1, 0.15) is 22.3 Å². The van der Waals surface area contributed by atoms with E-state index in [1.54, 1.807) is 12.3 Å². The van der Waals surface area contributed by atoms with Crippen LogP contribution in [-0.2, 0) is 6.42 Å². The van der Waals surface area contributed by atoms with Gasteiger partial charge in [0, 0.05) is 11.6 Å². The summed E-state index contributed by atoms with van der Waals surface area (Å²) in [5.41, 5.74) is 4.64. The molecule has 0 unspecified atom stereocenters. The molecule has 0 spiro atoms. The largest absolute Gasteiger partial charge is 0.507 e. The Kier molecular flexibility index (Phi) is 3.26. The van der Waals surface area contributed by atoms with Crippen LogP contribution in [0.2, 0.25) is 0 Å². The third kappa shape index (κ3) is 2.42. The Bertz CT molecular complexity index is 802. The van der Waals surface area contributed by atoms with Gasteiger partial charge < -0.3 is 10.2 Å². The summed E-state index contributed by atoms with van der Waals surface area (Å²) in [6.07, 6.45) is 2.42. The van der Waals surface area contributed by atoms with Crippen LogP contribution in [0.25, 0.3) is 10.9 Å². The minimum atomic E-state index is 0.201. The molecule has 21 heavy (non-hydrogen) atoms. The van der Waals surface area contributed by atoms with Gasteiger partial charge in [0.25, 0.3) is 0 Å². The van der Waals surface area contributed by atoms with Crippen LogP contribution in [-0.4, -0.2) is 15.2 Å². The van der Waals surface area contributed by atoms with Crippen molar-refractivity contribution in [3.05, 3.63) is 64.8 Å².